The van der Waals surface area contributed by atoms with Crippen molar-refractivity contribution in [1.29, 1.82) is 0 Å². The Morgan fingerprint density at radius 3 is 2.68 bits per heavy atom. The number of para-hydroxylation sites is 1. The van der Waals surface area contributed by atoms with E-state index in [0.29, 0.717) is 23.7 Å². The molecule has 0 radical (unpaired) electrons. The summed E-state index contributed by atoms with van der Waals surface area (Å²) < 4.78 is 12.3. The fraction of sp³-hybridized carbons (Fsp3) is 0.294. The maximum atomic E-state index is 14.3. The molecule has 5 heterocycles. The molecule has 224 valence electrons. The minimum Gasteiger partial charge on any atom is -0.454 e. The van der Waals surface area contributed by atoms with Crippen molar-refractivity contribution in [3.8, 4) is 11.5 Å². The van der Waals surface area contributed by atoms with Gasteiger partial charge in [0, 0.05) is 59.7 Å². The van der Waals surface area contributed by atoms with Crippen molar-refractivity contribution < 1.29 is 19.1 Å². The van der Waals surface area contributed by atoms with Crippen LogP contribution < -0.4 is 14.8 Å². The highest BCUT2D eigenvalue weighted by molar-refractivity contribution is 7.20. The Hall–Kier alpha value is -4.38. The third-order valence-corrected chi connectivity index (χ3v) is 10.1. The highest BCUT2D eigenvalue weighted by atomic mass is 32.1. The lowest BCUT2D eigenvalue weighted by Crippen LogP contribution is -2.47. The molecule has 3 aliphatic rings. The summed E-state index contributed by atoms with van der Waals surface area (Å²) in [6, 6.07) is 21.8. The molecule has 0 aliphatic carbocycles. The number of amides is 2. The molecule has 2 aromatic heterocycles. The lowest BCUT2D eigenvalue weighted by atomic mass is 9.92. The smallest absolute Gasteiger partial charge is 0.264 e. The van der Waals surface area contributed by atoms with Gasteiger partial charge in [0.15, 0.2) is 11.5 Å². The van der Waals surface area contributed by atoms with Gasteiger partial charge in [0.2, 0.25) is 12.7 Å². The van der Waals surface area contributed by atoms with E-state index >= 15 is 0 Å². The maximum Gasteiger partial charge on any atom is 0.264 e. The van der Waals surface area contributed by atoms with Crippen LogP contribution in [0.2, 0.25) is 0 Å². The standard InChI is InChI=1S/C34H33N5O4S/c1-37-12-14-38(15-13-37)19-31(40)35-23-7-9-29-22(16-23)18-30(44-29)34(41)39-11-10-25-24-4-2-3-5-26(24)36-32(25)33(39)21-6-8-27-28(17-21)43-20-42-27/h2-9,16-18,33,36H,10-15,19-20H2,1H3,(H,35,40). The summed E-state index contributed by atoms with van der Waals surface area (Å²) in [6.07, 6.45) is 0.764. The van der Waals surface area contributed by atoms with Crippen LogP contribution in [-0.2, 0) is 11.2 Å². The van der Waals surface area contributed by atoms with Crippen LogP contribution in [0, 0.1) is 0 Å². The van der Waals surface area contributed by atoms with Gasteiger partial charge in [-0.2, -0.15) is 0 Å². The fourth-order valence-corrected chi connectivity index (χ4v) is 7.67. The Morgan fingerprint density at radius 1 is 0.955 bits per heavy atom. The number of hydrogen-bond donors (Lipinski definition) is 2. The first kappa shape index (κ1) is 27.2. The Morgan fingerprint density at radius 2 is 1.80 bits per heavy atom. The van der Waals surface area contributed by atoms with E-state index < -0.39 is 0 Å². The first-order chi connectivity index (χ1) is 21.5. The number of benzene rings is 3. The predicted molar refractivity (Wildman–Crippen MR) is 172 cm³/mol. The number of nitrogens with one attached hydrogen (secondary N) is 2. The van der Waals surface area contributed by atoms with E-state index in [2.05, 4.69) is 45.3 Å². The van der Waals surface area contributed by atoms with Crippen molar-refractivity contribution >= 4 is 49.8 Å². The lowest BCUT2D eigenvalue weighted by Gasteiger charge is -2.36. The normalized spacial score (nSPS) is 18.6. The minimum absolute atomic E-state index is 0.0150. The van der Waals surface area contributed by atoms with Crippen molar-refractivity contribution in [2.45, 2.75) is 12.5 Å². The summed E-state index contributed by atoms with van der Waals surface area (Å²) >= 11 is 1.49. The number of aromatic amines is 1. The van der Waals surface area contributed by atoms with Crippen molar-refractivity contribution in [2.75, 3.05) is 58.4 Å². The first-order valence-electron chi connectivity index (χ1n) is 15.0. The van der Waals surface area contributed by atoms with Crippen LogP contribution in [0.1, 0.15) is 32.5 Å². The average molecular weight is 608 g/mol. The number of hydrogen-bond acceptors (Lipinski definition) is 7. The van der Waals surface area contributed by atoms with Gasteiger partial charge in [-0.1, -0.05) is 24.3 Å². The third kappa shape index (κ3) is 4.89. The van der Waals surface area contributed by atoms with Crippen LogP contribution >= 0.6 is 11.3 Å². The summed E-state index contributed by atoms with van der Waals surface area (Å²) in [5.41, 5.74) is 5.08. The highest BCUT2D eigenvalue weighted by Gasteiger charge is 2.36. The summed E-state index contributed by atoms with van der Waals surface area (Å²) in [7, 11) is 2.11. The predicted octanol–water partition coefficient (Wildman–Crippen LogP) is 5.09. The van der Waals surface area contributed by atoms with E-state index in [1.54, 1.807) is 0 Å². The van der Waals surface area contributed by atoms with Crippen LogP contribution in [0.5, 0.6) is 11.5 Å². The molecule has 3 aromatic carbocycles. The van der Waals surface area contributed by atoms with Crippen LogP contribution in [-0.4, -0.2) is 84.6 Å². The largest absolute Gasteiger partial charge is 0.454 e. The van der Waals surface area contributed by atoms with E-state index in [1.165, 1.54) is 22.3 Å². The molecule has 2 N–H and O–H groups in total. The van der Waals surface area contributed by atoms with Crippen LogP contribution in [0.25, 0.3) is 21.0 Å². The molecule has 3 aliphatic heterocycles. The van der Waals surface area contributed by atoms with Crippen LogP contribution in [0.3, 0.4) is 0 Å². The van der Waals surface area contributed by atoms with Crippen molar-refractivity contribution in [2.24, 2.45) is 0 Å². The molecule has 0 saturated carbocycles. The summed E-state index contributed by atoms with van der Waals surface area (Å²) in [6.45, 7) is 4.90. The molecule has 1 fully saturated rings. The molecule has 1 unspecified atom stereocenters. The molecule has 1 saturated heterocycles. The second kappa shape index (κ2) is 11.0. The molecule has 5 aromatic rings. The van der Waals surface area contributed by atoms with Crippen molar-refractivity contribution in [3.63, 3.8) is 0 Å². The molecular formula is C34H33N5O4S. The Balaban J connectivity index is 1.08. The van der Waals surface area contributed by atoms with Gasteiger partial charge in [-0.05, 0) is 72.4 Å². The number of fused-ring (bicyclic) bond motifs is 5. The quantitative estimate of drug-likeness (QED) is 0.290. The minimum atomic E-state index is -0.303. The topological polar surface area (TPSA) is 90.1 Å². The monoisotopic (exact) mass is 607 g/mol. The molecule has 2 amide bonds. The van der Waals surface area contributed by atoms with Crippen molar-refractivity contribution in [1.82, 2.24) is 19.7 Å². The van der Waals surface area contributed by atoms with E-state index in [-0.39, 0.29) is 24.6 Å². The van der Waals surface area contributed by atoms with Gasteiger partial charge in [-0.15, -0.1) is 11.3 Å². The number of rotatable bonds is 5. The van der Waals surface area contributed by atoms with Crippen molar-refractivity contribution in [3.05, 3.63) is 88.4 Å². The maximum absolute atomic E-state index is 14.3. The zero-order chi connectivity index (χ0) is 29.8. The number of H-pyrrole nitrogens is 1. The number of thiophene rings is 1. The number of likely N-dealkylation sites (N-methyl/N-ethyl adjacent to an activating group) is 1. The fourth-order valence-electron chi connectivity index (χ4n) is 6.67. The summed E-state index contributed by atoms with van der Waals surface area (Å²) in [5, 5.41) is 5.20. The number of aromatic nitrogens is 1. The molecular weight excluding hydrogens is 574 g/mol. The third-order valence-electron chi connectivity index (χ3n) is 8.98. The zero-order valence-electron chi connectivity index (χ0n) is 24.5. The number of carbonyl (C=O) groups excluding carboxylic acids is 2. The van der Waals surface area contributed by atoms with E-state index in [9.17, 15) is 9.59 Å². The molecule has 9 nitrogen and oxygen atoms in total. The Labute approximate surface area is 258 Å². The first-order valence-corrected chi connectivity index (χ1v) is 15.9. The van der Waals surface area contributed by atoms with Gasteiger partial charge in [-0.25, -0.2) is 0 Å². The molecule has 0 bridgehead atoms. The lowest BCUT2D eigenvalue weighted by molar-refractivity contribution is -0.117. The summed E-state index contributed by atoms with van der Waals surface area (Å²) in [4.78, 5) is 37.8. The molecule has 44 heavy (non-hydrogen) atoms. The van der Waals surface area contributed by atoms with Gasteiger partial charge >= 0.3 is 0 Å². The molecule has 8 rings (SSSR count). The zero-order valence-corrected chi connectivity index (χ0v) is 25.3. The SMILES string of the molecule is CN1CCN(CC(=O)Nc2ccc3sc(C(=O)N4CCc5c([nH]c6ccccc56)C4c4ccc5c(c4)OCO5)cc3c2)CC1. The van der Waals surface area contributed by atoms with E-state index in [0.717, 1.165) is 70.9 Å². The van der Waals surface area contributed by atoms with Gasteiger partial charge in [-0.3, -0.25) is 14.5 Å². The number of piperazine rings is 1. The number of nitrogens with zero attached hydrogens (tertiary/aromatic N) is 3. The van der Waals surface area contributed by atoms with Crippen LogP contribution in [0.4, 0.5) is 5.69 Å². The van der Waals surface area contributed by atoms with Crippen LogP contribution in [0.15, 0.2) is 66.7 Å². The molecule has 0 spiro atoms. The van der Waals surface area contributed by atoms with Gasteiger partial charge in [0.05, 0.1) is 17.5 Å². The Bertz CT molecular complexity index is 1910. The molecule has 10 heteroatoms. The Kier molecular flexibility index (Phi) is 6.77. The second-order valence-corrected chi connectivity index (χ2v) is 12.9. The van der Waals surface area contributed by atoms with Gasteiger partial charge in [0.1, 0.15) is 0 Å². The van der Waals surface area contributed by atoms with E-state index in [1.807, 2.05) is 53.4 Å². The summed E-state index contributed by atoms with van der Waals surface area (Å²) in [5.74, 6) is 1.38. The van der Waals surface area contributed by atoms with E-state index in [4.69, 9.17) is 9.47 Å². The number of anilines is 1. The second-order valence-electron chi connectivity index (χ2n) is 11.8. The number of ether oxygens (including phenoxy) is 2. The highest BCUT2D eigenvalue weighted by Crippen LogP contribution is 2.43. The average Bonchev–Trinajstić information content (AvgIpc) is 3.77. The molecule has 1 atom stereocenters. The van der Waals surface area contributed by atoms with Gasteiger partial charge in [0.25, 0.3) is 5.91 Å². The van der Waals surface area contributed by atoms with Gasteiger partial charge < -0.3 is 29.6 Å². The number of carbonyl (C=O) groups is 2.